The minimum absolute atomic E-state index is 0.126. The molecule has 0 bridgehead atoms. The molecule has 0 atom stereocenters. The van der Waals surface area contributed by atoms with E-state index < -0.39 is 11.1 Å². The van der Waals surface area contributed by atoms with Gasteiger partial charge in [-0.3, -0.25) is 4.90 Å². The molecule has 5 heteroatoms. The molecule has 2 aliphatic rings. The summed E-state index contributed by atoms with van der Waals surface area (Å²) in [7, 11) is 2.14. The van der Waals surface area contributed by atoms with Gasteiger partial charge >= 0.3 is 0 Å². The first-order chi connectivity index (χ1) is 10.5. The van der Waals surface area contributed by atoms with E-state index in [1.807, 2.05) is 27.7 Å². The van der Waals surface area contributed by atoms with Crippen LogP contribution in [0.2, 0.25) is 0 Å². The van der Waals surface area contributed by atoms with E-state index in [9.17, 15) is 15.1 Å². The highest BCUT2D eigenvalue weighted by molar-refractivity contribution is 4.98. The predicted octanol–water partition coefficient (Wildman–Crippen LogP) is 3.11. The predicted molar refractivity (Wildman–Crippen MR) is 98.2 cm³/mol. The van der Waals surface area contributed by atoms with Crippen LogP contribution in [0.25, 0.3) is 0 Å². The summed E-state index contributed by atoms with van der Waals surface area (Å²) < 4.78 is 1.12. The van der Waals surface area contributed by atoms with Gasteiger partial charge in [0.15, 0.2) is 0 Å². The average Bonchev–Trinajstić information content (AvgIpc) is 2.31. The summed E-state index contributed by atoms with van der Waals surface area (Å²) >= 11 is 0. The van der Waals surface area contributed by atoms with Gasteiger partial charge in [-0.1, -0.05) is 0 Å². The lowest BCUT2D eigenvalue weighted by Crippen LogP contribution is -2.59. The second-order valence-electron chi connectivity index (χ2n) is 10.2. The van der Waals surface area contributed by atoms with Gasteiger partial charge in [0.2, 0.25) is 11.1 Å². The zero-order valence-corrected chi connectivity index (χ0v) is 17.2. The monoisotopic (exact) mass is 343 g/mol. The van der Waals surface area contributed by atoms with Crippen LogP contribution < -0.4 is 0 Å². The largest absolute Gasteiger partial charge is 0.393 e. The minimum atomic E-state index is -0.429. The number of aliphatic hydroxyl groups is 2. The minimum Gasteiger partial charge on any atom is -0.393 e. The van der Waals surface area contributed by atoms with Crippen LogP contribution in [0.3, 0.4) is 0 Å². The lowest BCUT2D eigenvalue weighted by Gasteiger charge is -2.52. The molecular formula is C19H39N2O3+. The molecule has 2 N–H and O–H groups in total. The van der Waals surface area contributed by atoms with Crippen LogP contribution in [0.15, 0.2) is 0 Å². The smallest absolute Gasteiger partial charge is 0.208 e. The SMILES string of the molecule is CC1(C)CC(O)CC(C)(C)[N+]1=O.CN1C(C)(C)CC(O)CC1(C)C. The van der Waals surface area contributed by atoms with Crippen molar-refractivity contribution in [1.29, 1.82) is 0 Å². The standard InChI is InChI=1S/C10H21NO.C9H18NO2/c1-9(2)6-8(12)7-10(3,4)11(9)5;1-8(2)5-7(11)6-9(3,4)10(8)12/h8,12H,6-7H2,1-5H3;7,11H,5-6H2,1-4H3/q;+1. The number of nitroso groups, excluding NO2 is 1. The van der Waals surface area contributed by atoms with E-state index in [0.29, 0.717) is 12.8 Å². The van der Waals surface area contributed by atoms with Gasteiger partial charge in [-0.25, -0.2) is 0 Å². The van der Waals surface area contributed by atoms with Crippen LogP contribution in [0.4, 0.5) is 0 Å². The maximum Gasteiger partial charge on any atom is 0.208 e. The molecule has 2 fully saturated rings. The molecule has 142 valence electrons. The van der Waals surface area contributed by atoms with Gasteiger partial charge in [0.1, 0.15) is 0 Å². The number of piperidine rings is 2. The number of nitrogens with zero attached hydrogens (tertiary/aromatic N) is 2. The summed E-state index contributed by atoms with van der Waals surface area (Å²) in [6.07, 6.45) is 2.44. The highest BCUT2D eigenvalue weighted by Gasteiger charge is 2.53. The Kier molecular flexibility index (Phi) is 5.97. The average molecular weight is 344 g/mol. The Morgan fingerprint density at radius 2 is 1.04 bits per heavy atom. The maximum absolute atomic E-state index is 11.7. The number of rotatable bonds is 0. The van der Waals surface area contributed by atoms with E-state index >= 15 is 0 Å². The van der Waals surface area contributed by atoms with E-state index in [1.165, 1.54) is 0 Å². The van der Waals surface area contributed by atoms with E-state index in [4.69, 9.17) is 0 Å². The molecule has 24 heavy (non-hydrogen) atoms. The van der Waals surface area contributed by atoms with Crippen molar-refractivity contribution in [2.45, 2.75) is 115 Å². The number of hydrogen-bond donors (Lipinski definition) is 2. The van der Waals surface area contributed by atoms with Gasteiger partial charge in [0.05, 0.1) is 12.2 Å². The van der Waals surface area contributed by atoms with Crippen molar-refractivity contribution in [1.82, 2.24) is 4.90 Å². The number of aliphatic hydroxyl groups excluding tert-OH is 2. The van der Waals surface area contributed by atoms with Gasteiger partial charge in [-0.05, 0) is 47.6 Å². The first kappa shape index (κ1) is 21.5. The fourth-order valence-electron chi connectivity index (χ4n) is 4.53. The summed E-state index contributed by atoms with van der Waals surface area (Å²) in [4.78, 5) is 14.1. The Bertz CT molecular complexity index is 431. The number of likely N-dealkylation sites (tertiary alicyclic amines) is 1. The van der Waals surface area contributed by atoms with E-state index in [1.54, 1.807) is 0 Å². The summed E-state index contributed by atoms with van der Waals surface area (Å²) in [5, 5.41) is 19.2. The van der Waals surface area contributed by atoms with Crippen molar-refractivity contribution in [3.8, 4) is 0 Å². The van der Waals surface area contributed by atoms with Crippen LogP contribution >= 0.6 is 0 Å². The van der Waals surface area contributed by atoms with Crippen molar-refractivity contribution in [3.63, 3.8) is 0 Å². The van der Waals surface area contributed by atoms with Gasteiger partial charge in [-0.2, -0.15) is 0 Å². The molecule has 2 heterocycles. The van der Waals surface area contributed by atoms with Crippen molar-refractivity contribution in [2.75, 3.05) is 7.05 Å². The lowest BCUT2D eigenvalue weighted by molar-refractivity contribution is -0.695. The second-order valence-corrected chi connectivity index (χ2v) is 10.2. The van der Waals surface area contributed by atoms with Crippen molar-refractivity contribution in [3.05, 3.63) is 4.91 Å². The molecule has 2 aliphatic heterocycles. The molecule has 0 spiro atoms. The summed E-state index contributed by atoms with van der Waals surface area (Å²) in [5.74, 6) is 0. The molecule has 2 saturated heterocycles. The molecule has 0 radical (unpaired) electrons. The van der Waals surface area contributed by atoms with Crippen LogP contribution in [0, 0.1) is 4.91 Å². The maximum atomic E-state index is 11.7. The summed E-state index contributed by atoms with van der Waals surface area (Å²) in [5.41, 5.74) is -0.606. The zero-order valence-electron chi connectivity index (χ0n) is 17.2. The first-order valence-corrected chi connectivity index (χ1v) is 9.09. The molecule has 0 aromatic rings. The third kappa shape index (κ3) is 4.77. The molecule has 0 aromatic carbocycles. The first-order valence-electron chi connectivity index (χ1n) is 9.09. The summed E-state index contributed by atoms with van der Waals surface area (Å²) in [6, 6.07) is 0. The molecule has 2 rings (SSSR count). The highest BCUT2D eigenvalue weighted by Crippen LogP contribution is 2.36. The van der Waals surface area contributed by atoms with Gasteiger partial charge in [0.25, 0.3) is 0 Å². The molecule has 0 saturated carbocycles. The van der Waals surface area contributed by atoms with E-state index in [0.717, 1.165) is 17.6 Å². The van der Waals surface area contributed by atoms with Gasteiger partial charge in [0, 0.05) is 61.3 Å². The molecule has 0 unspecified atom stereocenters. The second kappa shape index (κ2) is 6.65. The van der Waals surface area contributed by atoms with Crippen LogP contribution in [-0.4, -0.2) is 61.3 Å². The third-order valence-corrected chi connectivity index (χ3v) is 5.86. The Balaban J connectivity index is 0.000000240. The Labute approximate surface area is 148 Å². The topological polar surface area (TPSA) is 63.8 Å². The fraction of sp³-hybridized carbons (Fsp3) is 1.00. The van der Waals surface area contributed by atoms with Crippen molar-refractivity contribution < 1.29 is 15.0 Å². The van der Waals surface area contributed by atoms with Crippen molar-refractivity contribution in [2.24, 2.45) is 0 Å². The van der Waals surface area contributed by atoms with Crippen LogP contribution in [0.1, 0.15) is 81.1 Å². The van der Waals surface area contributed by atoms with Crippen molar-refractivity contribution >= 4 is 0 Å². The van der Waals surface area contributed by atoms with Gasteiger partial charge in [-0.15, -0.1) is 0 Å². The Hall–Kier alpha value is -0.520. The van der Waals surface area contributed by atoms with E-state index in [-0.39, 0.29) is 23.3 Å². The normalized spacial score (nSPS) is 29.7. The van der Waals surface area contributed by atoms with E-state index in [2.05, 4.69) is 39.6 Å². The third-order valence-electron chi connectivity index (χ3n) is 5.86. The quantitative estimate of drug-likeness (QED) is 0.663. The summed E-state index contributed by atoms with van der Waals surface area (Å²) in [6.45, 7) is 16.3. The Morgan fingerprint density at radius 1 is 0.750 bits per heavy atom. The number of hydrogen-bond acceptors (Lipinski definition) is 4. The van der Waals surface area contributed by atoms with Crippen LogP contribution in [-0.2, 0) is 0 Å². The Morgan fingerprint density at radius 3 is 1.38 bits per heavy atom. The molecule has 0 aliphatic carbocycles. The molecule has 0 aromatic heterocycles. The molecular weight excluding hydrogens is 304 g/mol. The molecule has 5 nitrogen and oxygen atoms in total. The highest BCUT2D eigenvalue weighted by atomic mass is 16.3. The molecule has 0 amide bonds. The van der Waals surface area contributed by atoms with Gasteiger partial charge < -0.3 is 10.2 Å². The fourth-order valence-corrected chi connectivity index (χ4v) is 4.53. The zero-order chi connectivity index (χ0) is 19.1. The lowest BCUT2D eigenvalue weighted by atomic mass is 9.79. The van der Waals surface area contributed by atoms with Crippen LogP contribution in [0.5, 0.6) is 0 Å².